The third-order valence-electron chi connectivity index (χ3n) is 4.33. The number of fused-ring (bicyclic) bond motifs is 1. The van der Waals surface area contributed by atoms with Gasteiger partial charge in [0.05, 0.1) is 4.90 Å². The number of nitrogens with zero attached hydrogens (tertiary/aromatic N) is 2. The molecule has 10 heteroatoms. The average Bonchev–Trinajstić information content (AvgIpc) is 2.73. The Morgan fingerprint density at radius 1 is 1.03 bits per heavy atom. The zero-order valence-corrected chi connectivity index (χ0v) is 17.0. The molecule has 0 unspecified atom stereocenters. The average molecular weight is 436 g/mol. The molecule has 0 bridgehead atoms. The van der Waals surface area contributed by atoms with Gasteiger partial charge in [-0.3, -0.25) is 4.79 Å². The van der Waals surface area contributed by atoms with E-state index in [1.807, 2.05) is 0 Å². The Hall–Kier alpha value is -4.05. The zero-order valence-electron chi connectivity index (χ0n) is 16.2. The number of para-hydroxylation sites is 1. The molecule has 1 amide bonds. The molecule has 31 heavy (non-hydrogen) atoms. The second kappa shape index (κ2) is 8.00. The van der Waals surface area contributed by atoms with E-state index in [1.165, 1.54) is 36.5 Å². The lowest BCUT2D eigenvalue weighted by molar-refractivity contribution is 0.102. The monoisotopic (exact) mass is 436 g/mol. The number of hydrogen-bond acceptors (Lipinski definition) is 7. The number of aryl methyl sites for hydroxylation is 1. The maximum Gasteiger partial charge on any atom is 0.349 e. The molecule has 9 nitrogen and oxygen atoms in total. The van der Waals surface area contributed by atoms with Crippen molar-refractivity contribution in [3.63, 3.8) is 0 Å². The van der Waals surface area contributed by atoms with Crippen LogP contribution in [0.1, 0.15) is 16.1 Å². The van der Waals surface area contributed by atoms with Crippen LogP contribution in [0, 0.1) is 6.92 Å². The molecule has 0 aliphatic carbocycles. The summed E-state index contributed by atoms with van der Waals surface area (Å²) >= 11 is 0. The van der Waals surface area contributed by atoms with E-state index in [4.69, 9.17) is 4.42 Å². The molecule has 0 aliphatic rings. The van der Waals surface area contributed by atoms with Gasteiger partial charge in [-0.1, -0.05) is 18.2 Å². The lowest BCUT2D eigenvalue weighted by Crippen LogP contribution is -2.20. The lowest BCUT2D eigenvalue weighted by Gasteiger charge is -2.09. The Bertz CT molecular complexity index is 1450. The fourth-order valence-corrected chi connectivity index (χ4v) is 3.76. The molecule has 2 heterocycles. The van der Waals surface area contributed by atoms with Crippen molar-refractivity contribution in [2.75, 3.05) is 10.0 Å². The Morgan fingerprint density at radius 3 is 2.52 bits per heavy atom. The summed E-state index contributed by atoms with van der Waals surface area (Å²) in [6, 6.07) is 15.4. The number of carbonyl (C=O) groups is 1. The molecular weight excluding hydrogens is 420 g/mol. The molecule has 0 spiro atoms. The maximum absolute atomic E-state index is 12.5. The van der Waals surface area contributed by atoms with Crippen LogP contribution < -0.4 is 15.7 Å². The molecule has 2 aromatic carbocycles. The summed E-state index contributed by atoms with van der Waals surface area (Å²) in [6.07, 6.45) is 1.45. The Labute approximate surface area is 176 Å². The van der Waals surface area contributed by atoms with E-state index in [1.54, 1.807) is 37.3 Å². The molecule has 0 radical (unpaired) electrons. The van der Waals surface area contributed by atoms with Gasteiger partial charge in [0.1, 0.15) is 11.1 Å². The van der Waals surface area contributed by atoms with Crippen molar-refractivity contribution in [1.82, 2.24) is 9.97 Å². The molecule has 156 valence electrons. The number of nitrogens with one attached hydrogen (secondary N) is 2. The van der Waals surface area contributed by atoms with Gasteiger partial charge in [-0.25, -0.2) is 27.9 Å². The first-order valence-corrected chi connectivity index (χ1v) is 10.6. The Kier molecular flexibility index (Phi) is 5.22. The fraction of sp³-hybridized carbons (Fsp3) is 0.0476. The van der Waals surface area contributed by atoms with E-state index >= 15 is 0 Å². The van der Waals surface area contributed by atoms with Gasteiger partial charge in [0.25, 0.3) is 15.9 Å². The molecule has 0 aliphatic heterocycles. The molecule has 4 aromatic rings. The highest BCUT2D eigenvalue weighted by atomic mass is 32.2. The molecule has 0 fully saturated rings. The van der Waals surface area contributed by atoms with Crippen molar-refractivity contribution < 1.29 is 17.6 Å². The van der Waals surface area contributed by atoms with Crippen LogP contribution in [0.25, 0.3) is 11.0 Å². The minimum atomic E-state index is -3.91. The summed E-state index contributed by atoms with van der Waals surface area (Å²) in [4.78, 5) is 32.5. The third kappa shape index (κ3) is 4.43. The number of aromatic nitrogens is 2. The van der Waals surface area contributed by atoms with Crippen LogP contribution in [-0.4, -0.2) is 24.3 Å². The number of sulfonamides is 1. The summed E-state index contributed by atoms with van der Waals surface area (Å²) < 4.78 is 32.5. The summed E-state index contributed by atoms with van der Waals surface area (Å²) in [5.41, 5.74) is 0.377. The van der Waals surface area contributed by atoms with E-state index in [2.05, 4.69) is 20.0 Å². The highest BCUT2D eigenvalue weighted by molar-refractivity contribution is 7.92. The number of benzene rings is 2. The second-order valence-corrected chi connectivity index (χ2v) is 8.27. The number of rotatable bonds is 5. The van der Waals surface area contributed by atoms with Gasteiger partial charge in [0.2, 0.25) is 5.95 Å². The van der Waals surface area contributed by atoms with E-state index in [9.17, 15) is 18.0 Å². The normalized spacial score (nSPS) is 11.3. The number of carbonyl (C=O) groups excluding carboxylic acids is 1. The zero-order chi connectivity index (χ0) is 22.0. The highest BCUT2D eigenvalue weighted by Crippen LogP contribution is 2.18. The highest BCUT2D eigenvalue weighted by Gasteiger charge is 2.17. The van der Waals surface area contributed by atoms with Gasteiger partial charge in [0, 0.05) is 23.0 Å². The van der Waals surface area contributed by atoms with Crippen LogP contribution in [0.5, 0.6) is 0 Å². The van der Waals surface area contributed by atoms with Gasteiger partial charge in [-0.05, 0) is 49.4 Å². The van der Waals surface area contributed by atoms with Gasteiger partial charge in [-0.15, -0.1) is 0 Å². The molecule has 0 atom stereocenters. The Balaban J connectivity index is 1.53. The molecule has 0 saturated carbocycles. The van der Waals surface area contributed by atoms with Crippen LogP contribution in [-0.2, 0) is 10.0 Å². The predicted octanol–water partition coefficient (Wildman–Crippen LogP) is 2.94. The van der Waals surface area contributed by atoms with Crippen LogP contribution in [0.4, 0.5) is 11.6 Å². The van der Waals surface area contributed by atoms with Gasteiger partial charge in [-0.2, -0.15) is 0 Å². The minimum absolute atomic E-state index is 0.0409. The predicted molar refractivity (Wildman–Crippen MR) is 114 cm³/mol. The van der Waals surface area contributed by atoms with E-state index < -0.39 is 21.6 Å². The molecule has 4 rings (SSSR count). The molecular formula is C21H16N4O5S. The van der Waals surface area contributed by atoms with Crippen LogP contribution in [0.2, 0.25) is 0 Å². The topological polar surface area (TPSA) is 131 Å². The van der Waals surface area contributed by atoms with E-state index in [0.717, 1.165) is 0 Å². The first-order valence-electron chi connectivity index (χ1n) is 9.09. The SMILES string of the molecule is Cc1ccnc(NS(=O)(=O)c2ccc(NC(=O)c3cc4ccccc4oc3=O)cc2)n1. The van der Waals surface area contributed by atoms with Crippen molar-refractivity contribution in [2.45, 2.75) is 11.8 Å². The standard InChI is InChI=1S/C21H16N4O5S/c1-13-10-11-22-21(23-13)25-31(28,29)16-8-6-15(7-9-16)24-19(26)17-12-14-4-2-3-5-18(14)30-20(17)27/h2-12H,1H3,(H,24,26)(H,22,23,25). The van der Waals surface area contributed by atoms with Crippen LogP contribution >= 0.6 is 0 Å². The smallest absolute Gasteiger partial charge is 0.349 e. The van der Waals surface area contributed by atoms with Crippen molar-refractivity contribution >= 4 is 38.5 Å². The van der Waals surface area contributed by atoms with Gasteiger partial charge in [0.15, 0.2) is 0 Å². The maximum atomic E-state index is 12.5. The van der Waals surface area contributed by atoms with Crippen molar-refractivity contribution in [3.05, 3.63) is 88.5 Å². The van der Waals surface area contributed by atoms with Crippen LogP contribution in [0.15, 0.2) is 81.0 Å². The number of amides is 1. The summed E-state index contributed by atoms with van der Waals surface area (Å²) in [7, 11) is -3.91. The summed E-state index contributed by atoms with van der Waals surface area (Å²) in [5, 5.41) is 3.17. The molecule has 0 saturated heterocycles. The van der Waals surface area contributed by atoms with Crippen molar-refractivity contribution in [3.8, 4) is 0 Å². The molecule has 2 aromatic heterocycles. The Morgan fingerprint density at radius 2 is 1.77 bits per heavy atom. The van der Waals surface area contributed by atoms with E-state index in [-0.39, 0.29) is 16.4 Å². The van der Waals surface area contributed by atoms with E-state index in [0.29, 0.717) is 22.4 Å². The fourth-order valence-electron chi connectivity index (χ4n) is 2.81. The number of hydrogen-bond donors (Lipinski definition) is 2. The largest absolute Gasteiger partial charge is 0.422 e. The van der Waals surface area contributed by atoms with Crippen LogP contribution in [0.3, 0.4) is 0 Å². The third-order valence-corrected chi connectivity index (χ3v) is 5.67. The summed E-state index contributed by atoms with van der Waals surface area (Å²) in [6.45, 7) is 1.72. The molecule has 2 N–H and O–H groups in total. The summed E-state index contributed by atoms with van der Waals surface area (Å²) in [5.74, 6) is -0.707. The lowest BCUT2D eigenvalue weighted by atomic mass is 10.1. The second-order valence-electron chi connectivity index (χ2n) is 6.59. The number of anilines is 2. The first-order chi connectivity index (χ1) is 14.8. The van der Waals surface area contributed by atoms with Gasteiger partial charge >= 0.3 is 5.63 Å². The van der Waals surface area contributed by atoms with Crippen molar-refractivity contribution in [1.29, 1.82) is 0 Å². The van der Waals surface area contributed by atoms with Gasteiger partial charge < -0.3 is 9.73 Å². The first kappa shape index (κ1) is 20.2. The van der Waals surface area contributed by atoms with Crippen molar-refractivity contribution in [2.24, 2.45) is 0 Å². The quantitative estimate of drug-likeness (QED) is 0.460. The minimum Gasteiger partial charge on any atom is -0.422 e.